The monoisotopic (exact) mass is 260 g/mol. The molecule has 0 aromatic heterocycles. The smallest absolute Gasteiger partial charge is 0.150 e. The van der Waals surface area contributed by atoms with Crippen LogP contribution in [-0.2, 0) is 9.84 Å². The summed E-state index contributed by atoms with van der Waals surface area (Å²) in [5.41, 5.74) is 2.90. The minimum atomic E-state index is -2.82. The summed E-state index contributed by atoms with van der Waals surface area (Å²) in [6.45, 7) is 1.71. The van der Waals surface area contributed by atoms with E-state index in [0.29, 0.717) is 11.8 Å². The maximum Gasteiger partial charge on any atom is 0.150 e. The van der Waals surface area contributed by atoms with Crippen molar-refractivity contribution in [3.63, 3.8) is 0 Å². The van der Waals surface area contributed by atoms with Gasteiger partial charge < -0.3 is 0 Å². The summed E-state index contributed by atoms with van der Waals surface area (Å²) in [5, 5.41) is 0. The third-order valence-corrected chi connectivity index (χ3v) is 6.35. The van der Waals surface area contributed by atoms with Crippen molar-refractivity contribution < 1.29 is 8.42 Å². The van der Waals surface area contributed by atoms with Gasteiger partial charge in [0.1, 0.15) is 9.84 Å². The molecule has 0 aliphatic heterocycles. The number of nitrogens with one attached hydrogen (secondary N) is 1. The Morgan fingerprint density at radius 3 is 2.53 bits per heavy atom. The summed E-state index contributed by atoms with van der Waals surface area (Å²) < 4.78 is 22.8. The van der Waals surface area contributed by atoms with Crippen molar-refractivity contribution in [2.45, 2.75) is 45.1 Å². The molecule has 3 atom stereocenters. The standard InChI is InChI=1S/C12H24N2O2S/c1-2-17(15,16)8-4-7-11(14-13)12-9-5-3-6-10(9)12/h9-12,14H,2-8,13H2,1H3. The zero-order chi connectivity index (χ0) is 12.5. The molecule has 4 nitrogen and oxygen atoms in total. The summed E-state index contributed by atoms with van der Waals surface area (Å²) in [5.74, 6) is 8.63. The first-order valence-electron chi connectivity index (χ1n) is 6.75. The maximum absolute atomic E-state index is 11.4. The molecule has 2 aliphatic carbocycles. The molecule has 0 saturated heterocycles. The van der Waals surface area contributed by atoms with E-state index in [1.54, 1.807) is 6.92 Å². The lowest BCUT2D eigenvalue weighted by molar-refractivity contribution is 0.388. The highest BCUT2D eigenvalue weighted by Crippen LogP contribution is 2.59. The highest BCUT2D eigenvalue weighted by Gasteiger charge is 2.55. The average Bonchev–Trinajstić information content (AvgIpc) is 2.78. The number of rotatable bonds is 7. The van der Waals surface area contributed by atoms with Crippen LogP contribution in [0.4, 0.5) is 0 Å². The van der Waals surface area contributed by atoms with Crippen LogP contribution in [0.1, 0.15) is 39.0 Å². The first kappa shape index (κ1) is 13.3. The van der Waals surface area contributed by atoms with Crippen molar-refractivity contribution in [1.82, 2.24) is 5.43 Å². The Hall–Kier alpha value is -0.130. The van der Waals surface area contributed by atoms with Crippen molar-refractivity contribution in [3.05, 3.63) is 0 Å². The molecular weight excluding hydrogens is 236 g/mol. The Labute approximate surface area is 104 Å². The summed E-state index contributed by atoms with van der Waals surface area (Å²) in [4.78, 5) is 0. The number of fused-ring (bicyclic) bond motifs is 1. The molecule has 0 aromatic rings. The lowest BCUT2D eigenvalue weighted by atomic mass is 10.0. The van der Waals surface area contributed by atoms with Crippen LogP contribution < -0.4 is 11.3 Å². The molecule has 0 radical (unpaired) electrons. The molecule has 3 N–H and O–H groups in total. The predicted molar refractivity (Wildman–Crippen MR) is 69.0 cm³/mol. The highest BCUT2D eigenvalue weighted by atomic mass is 32.2. The minimum Gasteiger partial charge on any atom is -0.271 e. The first-order valence-corrected chi connectivity index (χ1v) is 8.57. The molecule has 2 aliphatic rings. The van der Waals surface area contributed by atoms with Gasteiger partial charge in [0.15, 0.2) is 0 Å². The van der Waals surface area contributed by atoms with Crippen LogP contribution in [-0.4, -0.2) is 26.0 Å². The first-order chi connectivity index (χ1) is 8.09. The van der Waals surface area contributed by atoms with Gasteiger partial charge in [-0.15, -0.1) is 0 Å². The molecule has 0 spiro atoms. The van der Waals surface area contributed by atoms with E-state index in [0.717, 1.165) is 30.6 Å². The van der Waals surface area contributed by atoms with Gasteiger partial charge >= 0.3 is 0 Å². The van der Waals surface area contributed by atoms with Crippen molar-refractivity contribution in [2.24, 2.45) is 23.6 Å². The number of nitrogens with two attached hydrogens (primary N) is 1. The van der Waals surface area contributed by atoms with E-state index < -0.39 is 9.84 Å². The zero-order valence-corrected chi connectivity index (χ0v) is 11.4. The van der Waals surface area contributed by atoms with Crippen molar-refractivity contribution >= 4 is 9.84 Å². The summed E-state index contributed by atoms with van der Waals surface area (Å²) in [6, 6.07) is 0.331. The SMILES string of the molecule is CCS(=O)(=O)CCCC(NN)C1C2CCCC21. The van der Waals surface area contributed by atoms with Crippen LogP contribution in [0.2, 0.25) is 0 Å². The fraction of sp³-hybridized carbons (Fsp3) is 1.00. The highest BCUT2D eigenvalue weighted by molar-refractivity contribution is 7.91. The fourth-order valence-electron chi connectivity index (χ4n) is 3.53. The number of hydrogen-bond acceptors (Lipinski definition) is 4. The van der Waals surface area contributed by atoms with Gasteiger partial charge in [-0.1, -0.05) is 13.3 Å². The molecule has 100 valence electrons. The van der Waals surface area contributed by atoms with E-state index in [4.69, 9.17) is 5.84 Å². The largest absolute Gasteiger partial charge is 0.271 e. The maximum atomic E-state index is 11.4. The van der Waals surface area contributed by atoms with Crippen molar-refractivity contribution in [2.75, 3.05) is 11.5 Å². The van der Waals surface area contributed by atoms with Crippen LogP contribution in [0.5, 0.6) is 0 Å². The molecule has 2 rings (SSSR count). The van der Waals surface area contributed by atoms with Gasteiger partial charge in [0.2, 0.25) is 0 Å². The van der Waals surface area contributed by atoms with Crippen molar-refractivity contribution in [3.8, 4) is 0 Å². The second kappa shape index (κ2) is 5.24. The van der Waals surface area contributed by atoms with Crippen LogP contribution in [0.25, 0.3) is 0 Å². The molecule has 3 unspecified atom stereocenters. The average molecular weight is 260 g/mol. The Morgan fingerprint density at radius 1 is 1.35 bits per heavy atom. The van der Waals surface area contributed by atoms with E-state index in [2.05, 4.69) is 5.43 Å². The van der Waals surface area contributed by atoms with Gasteiger partial charge in [0, 0.05) is 11.8 Å². The van der Waals surface area contributed by atoms with Gasteiger partial charge in [-0.25, -0.2) is 8.42 Å². The third-order valence-electron chi connectivity index (χ3n) is 4.56. The van der Waals surface area contributed by atoms with Crippen LogP contribution >= 0.6 is 0 Å². The fourth-order valence-corrected chi connectivity index (χ4v) is 4.42. The van der Waals surface area contributed by atoms with Gasteiger partial charge in [0.05, 0.1) is 5.75 Å². The second-order valence-corrected chi connectivity index (χ2v) is 7.96. The summed E-state index contributed by atoms with van der Waals surface area (Å²) in [6.07, 6.45) is 5.70. The molecule has 2 saturated carbocycles. The second-order valence-electron chi connectivity index (χ2n) is 5.49. The molecule has 0 heterocycles. The third kappa shape index (κ3) is 3.01. The number of hydrogen-bond donors (Lipinski definition) is 2. The Bertz CT molecular complexity index is 346. The van der Waals surface area contributed by atoms with Crippen molar-refractivity contribution in [1.29, 1.82) is 0 Å². The topological polar surface area (TPSA) is 72.2 Å². The molecule has 0 bridgehead atoms. The van der Waals surface area contributed by atoms with Gasteiger partial charge in [-0.2, -0.15) is 0 Å². The lowest BCUT2D eigenvalue weighted by Gasteiger charge is -2.17. The van der Waals surface area contributed by atoms with Gasteiger partial charge in [-0.05, 0) is 43.4 Å². The van der Waals surface area contributed by atoms with Crippen LogP contribution in [0, 0.1) is 17.8 Å². The number of hydrazine groups is 1. The zero-order valence-electron chi connectivity index (χ0n) is 10.6. The quantitative estimate of drug-likeness (QED) is 0.531. The number of sulfone groups is 1. The molecule has 0 amide bonds. The predicted octanol–water partition coefficient (Wildman–Crippen LogP) is 1.08. The Kier molecular flexibility index (Phi) is 4.10. The van der Waals surface area contributed by atoms with Gasteiger partial charge in [0.25, 0.3) is 0 Å². The molecule has 0 aromatic carbocycles. The van der Waals surface area contributed by atoms with E-state index in [1.807, 2.05) is 0 Å². The van der Waals surface area contributed by atoms with E-state index >= 15 is 0 Å². The minimum absolute atomic E-state index is 0.252. The molecule has 17 heavy (non-hydrogen) atoms. The van der Waals surface area contributed by atoms with Gasteiger partial charge in [-0.3, -0.25) is 11.3 Å². The lowest BCUT2D eigenvalue weighted by Crippen LogP contribution is -2.38. The molecular formula is C12H24N2O2S. The summed E-state index contributed by atoms with van der Waals surface area (Å²) in [7, 11) is -2.82. The van der Waals surface area contributed by atoms with E-state index in [-0.39, 0.29) is 5.75 Å². The van der Waals surface area contributed by atoms with E-state index in [1.165, 1.54) is 19.3 Å². The molecule has 2 fully saturated rings. The summed E-state index contributed by atoms with van der Waals surface area (Å²) >= 11 is 0. The van der Waals surface area contributed by atoms with E-state index in [9.17, 15) is 8.42 Å². The van der Waals surface area contributed by atoms with Crippen LogP contribution in [0.3, 0.4) is 0 Å². The normalized spacial score (nSPS) is 33.4. The molecule has 5 heteroatoms. The Balaban J connectivity index is 1.74. The Morgan fingerprint density at radius 2 is 2.00 bits per heavy atom. The van der Waals surface area contributed by atoms with Crippen LogP contribution in [0.15, 0.2) is 0 Å².